The molecule has 1 N–H and O–H groups in total. The molecule has 6 heteroatoms. The number of hydrogen-bond acceptors (Lipinski definition) is 5. The molecule has 2 saturated carbocycles. The Morgan fingerprint density at radius 1 is 1.35 bits per heavy atom. The minimum atomic E-state index is 0.126. The van der Waals surface area contributed by atoms with Crippen LogP contribution < -0.4 is 5.32 Å². The Kier molecular flexibility index (Phi) is 4.35. The highest BCUT2D eigenvalue weighted by molar-refractivity contribution is 8.00. The third-order valence-corrected chi connectivity index (χ3v) is 9.50. The van der Waals surface area contributed by atoms with Crippen molar-refractivity contribution in [2.75, 3.05) is 5.75 Å². The summed E-state index contributed by atoms with van der Waals surface area (Å²) in [5.74, 6) is 1.28. The summed E-state index contributed by atoms with van der Waals surface area (Å²) in [7, 11) is 0. The molecular formula is C20H27N3OS2. The lowest BCUT2D eigenvalue weighted by atomic mass is 9.69. The van der Waals surface area contributed by atoms with E-state index >= 15 is 0 Å². The van der Waals surface area contributed by atoms with Crippen LogP contribution in [0.5, 0.6) is 0 Å². The number of nitrogens with zero attached hydrogens (tertiary/aromatic N) is 2. The smallest absolute Gasteiger partial charge is 0.230 e. The van der Waals surface area contributed by atoms with Gasteiger partial charge in [-0.3, -0.25) is 4.79 Å². The van der Waals surface area contributed by atoms with Crippen molar-refractivity contribution in [3.63, 3.8) is 0 Å². The van der Waals surface area contributed by atoms with Crippen LogP contribution in [-0.2, 0) is 4.79 Å². The van der Waals surface area contributed by atoms with E-state index < -0.39 is 0 Å². The van der Waals surface area contributed by atoms with E-state index in [1.165, 1.54) is 35.0 Å². The molecule has 4 rings (SSSR count). The van der Waals surface area contributed by atoms with Crippen molar-refractivity contribution in [1.82, 2.24) is 15.3 Å². The zero-order valence-electron chi connectivity index (χ0n) is 16.2. The van der Waals surface area contributed by atoms with E-state index in [1.54, 1.807) is 17.7 Å². The summed E-state index contributed by atoms with van der Waals surface area (Å²) in [6.07, 6.45) is 5.26. The van der Waals surface area contributed by atoms with Gasteiger partial charge in [-0.25, -0.2) is 9.97 Å². The SMILES string of the molecule is Cc1sc2ncnc(SCC(=O)NC3CC4CCC3(C)C4(C)C)c2c1C. The van der Waals surface area contributed by atoms with Gasteiger partial charge >= 0.3 is 0 Å². The average Bonchev–Trinajstić information content (AvgIpc) is 3.07. The number of amides is 1. The first-order valence-electron chi connectivity index (χ1n) is 9.37. The van der Waals surface area contributed by atoms with Crippen molar-refractivity contribution in [2.24, 2.45) is 16.7 Å². The maximum absolute atomic E-state index is 12.7. The molecule has 2 aromatic rings. The lowest BCUT2D eigenvalue weighted by Crippen LogP contribution is -2.47. The number of aromatic nitrogens is 2. The maximum atomic E-state index is 12.7. The van der Waals surface area contributed by atoms with E-state index in [1.807, 2.05) is 0 Å². The fraction of sp³-hybridized carbons (Fsp3) is 0.650. The van der Waals surface area contributed by atoms with E-state index in [0.29, 0.717) is 17.2 Å². The summed E-state index contributed by atoms with van der Waals surface area (Å²) in [5, 5.41) is 5.38. The van der Waals surface area contributed by atoms with Gasteiger partial charge in [-0.15, -0.1) is 11.3 Å². The highest BCUT2D eigenvalue weighted by atomic mass is 32.2. The predicted octanol–water partition coefficient (Wildman–Crippen LogP) is 4.73. The van der Waals surface area contributed by atoms with Crippen LogP contribution in [0.25, 0.3) is 10.2 Å². The Morgan fingerprint density at radius 2 is 2.12 bits per heavy atom. The largest absolute Gasteiger partial charge is 0.352 e. The van der Waals surface area contributed by atoms with Gasteiger partial charge in [0, 0.05) is 16.3 Å². The van der Waals surface area contributed by atoms with Crippen LogP contribution in [0.3, 0.4) is 0 Å². The van der Waals surface area contributed by atoms with Crippen molar-refractivity contribution in [2.45, 2.75) is 64.9 Å². The molecule has 140 valence electrons. The van der Waals surface area contributed by atoms with Crippen LogP contribution in [0.2, 0.25) is 0 Å². The molecule has 0 saturated heterocycles. The first kappa shape index (κ1) is 18.2. The average molecular weight is 390 g/mol. The van der Waals surface area contributed by atoms with Crippen LogP contribution in [-0.4, -0.2) is 27.7 Å². The molecule has 3 atom stereocenters. The van der Waals surface area contributed by atoms with Crippen LogP contribution in [0.4, 0.5) is 0 Å². The predicted molar refractivity (Wildman–Crippen MR) is 109 cm³/mol. The first-order chi connectivity index (χ1) is 12.2. The molecule has 1 amide bonds. The van der Waals surface area contributed by atoms with Crippen molar-refractivity contribution >= 4 is 39.2 Å². The Bertz CT molecular complexity index is 875. The van der Waals surface area contributed by atoms with E-state index in [2.05, 4.69) is 49.9 Å². The molecule has 2 fully saturated rings. The third-order valence-electron chi connectivity index (χ3n) is 7.40. The molecule has 3 unspecified atom stereocenters. The molecule has 4 nitrogen and oxygen atoms in total. The molecular weight excluding hydrogens is 362 g/mol. The fourth-order valence-corrected chi connectivity index (χ4v) is 6.98. The summed E-state index contributed by atoms with van der Waals surface area (Å²) in [6, 6.07) is 0.305. The summed E-state index contributed by atoms with van der Waals surface area (Å²) in [5.41, 5.74) is 1.78. The van der Waals surface area contributed by atoms with Crippen LogP contribution in [0.1, 0.15) is 50.5 Å². The topological polar surface area (TPSA) is 54.9 Å². The number of aryl methyl sites for hydroxylation is 2. The normalized spacial score (nSPS) is 29.4. The zero-order chi connectivity index (χ0) is 18.7. The lowest BCUT2D eigenvalue weighted by molar-refractivity contribution is -0.120. The van der Waals surface area contributed by atoms with Crippen molar-refractivity contribution in [1.29, 1.82) is 0 Å². The van der Waals surface area contributed by atoms with Crippen molar-refractivity contribution < 1.29 is 4.79 Å². The van der Waals surface area contributed by atoms with Gasteiger partial charge in [-0.05, 0) is 55.4 Å². The Morgan fingerprint density at radius 3 is 2.77 bits per heavy atom. The van der Waals surface area contributed by atoms with Gasteiger partial charge in [-0.2, -0.15) is 0 Å². The number of fused-ring (bicyclic) bond motifs is 3. The van der Waals surface area contributed by atoms with Gasteiger partial charge in [0.15, 0.2) is 0 Å². The van der Waals surface area contributed by atoms with Crippen molar-refractivity contribution in [3.8, 4) is 0 Å². The molecule has 2 aliphatic rings. The number of carbonyl (C=O) groups is 1. The van der Waals surface area contributed by atoms with Crippen LogP contribution >= 0.6 is 23.1 Å². The van der Waals surface area contributed by atoms with E-state index in [9.17, 15) is 4.79 Å². The molecule has 0 spiro atoms. The van der Waals surface area contributed by atoms with Gasteiger partial charge in [0.25, 0.3) is 0 Å². The molecule has 26 heavy (non-hydrogen) atoms. The van der Waals surface area contributed by atoms with E-state index in [4.69, 9.17) is 0 Å². The van der Waals surface area contributed by atoms with Crippen molar-refractivity contribution in [3.05, 3.63) is 16.8 Å². The molecule has 2 bridgehead atoms. The number of carbonyl (C=O) groups excluding carboxylic acids is 1. The number of thiophene rings is 1. The van der Waals surface area contributed by atoms with Gasteiger partial charge in [0.2, 0.25) is 5.91 Å². The van der Waals surface area contributed by atoms with Gasteiger partial charge in [-0.1, -0.05) is 32.5 Å². The third kappa shape index (κ3) is 2.60. The van der Waals surface area contributed by atoms with Gasteiger partial charge in [0.1, 0.15) is 16.2 Å². The summed E-state index contributed by atoms with van der Waals surface area (Å²) in [4.78, 5) is 23.8. The van der Waals surface area contributed by atoms with Crippen LogP contribution in [0.15, 0.2) is 11.4 Å². The van der Waals surface area contributed by atoms with E-state index in [0.717, 1.165) is 27.6 Å². The van der Waals surface area contributed by atoms with Gasteiger partial charge < -0.3 is 5.32 Å². The molecule has 0 aromatic carbocycles. The molecule has 2 aromatic heterocycles. The molecule has 2 heterocycles. The highest BCUT2D eigenvalue weighted by Crippen LogP contribution is 2.65. The summed E-state index contributed by atoms with van der Waals surface area (Å²) >= 11 is 3.23. The second kappa shape index (κ2) is 6.20. The zero-order valence-corrected chi connectivity index (χ0v) is 17.8. The number of nitrogens with one attached hydrogen (secondary N) is 1. The Labute approximate surface area is 163 Å². The number of rotatable bonds is 4. The Hall–Kier alpha value is -1.14. The van der Waals surface area contributed by atoms with E-state index in [-0.39, 0.29) is 11.3 Å². The standard InChI is InChI=1S/C20H27N3OS2/c1-11-12(2)26-18-16(11)17(21-10-22-18)25-9-15(24)23-14-8-13-6-7-20(14,5)19(13,3)4/h10,13-14H,6-9H2,1-5H3,(H,23,24). The summed E-state index contributed by atoms with van der Waals surface area (Å²) < 4.78 is 0. The monoisotopic (exact) mass is 389 g/mol. The Balaban J connectivity index is 1.44. The molecule has 0 radical (unpaired) electrons. The first-order valence-corrected chi connectivity index (χ1v) is 11.2. The quantitative estimate of drug-likeness (QED) is 0.607. The maximum Gasteiger partial charge on any atom is 0.230 e. The number of hydrogen-bond donors (Lipinski definition) is 1. The minimum absolute atomic E-state index is 0.126. The fourth-order valence-electron chi connectivity index (χ4n) is 5.05. The second-order valence-electron chi connectivity index (χ2n) is 8.66. The molecule has 0 aliphatic heterocycles. The lowest BCUT2D eigenvalue weighted by Gasteiger charge is -2.39. The molecule has 2 aliphatic carbocycles. The van der Waals surface area contributed by atoms with Gasteiger partial charge in [0.05, 0.1) is 5.75 Å². The number of thioether (sulfide) groups is 1. The second-order valence-corrected chi connectivity index (χ2v) is 10.8. The highest BCUT2D eigenvalue weighted by Gasteiger charge is 2.61. The van der Waals surface area contributed by atoms with Crippen LogP contribution in [0, 0.1) is 30.6 Å². The summed E-state index contributed by atoms with van der Waals surface area (Å²) in [6.45, 7) is 11.3. The minimum Gasteiger partial charge on any atom is -0.352 e.